The molecule has 0 aliphatic rings. The Morgan fingerprint density at radius 2 is 2.00 bits per heavy atom. The second-order valence-electron chi connectivity index (χ2n) is 2.55. The summed E-state index contributed by atoms with van der Waals surface area (Å²) in [5.74, 6) is 4.14. The van der Waals surface area contributed by atoms with Crippen molar-refractivity contribution in [1.29, 1.82) is 0 Å². The van der Waals surface area contributed by atoms with Gasteiger partial charge in [-0.2, -0.15) is 4.79 Å². The molecule has 0 saturated heterocycles. The minimum absolute atomic E-state index is 0.331. The van der Waals surface area contributed by atoms with E-state index in [4.69, 9.17) is 10.9 Å². The van der Waals surface area contributed by atoms with Crippen LogP contribution in [0.1, 0.15) is 10.4 Å². The maximum absolute atomic E-state index is 10.2. The molecule has 0 saturated carbocycles. The molecule has 0 aliphatic carbocycles. The second kappa shape index (κ2) is 5.38. The molecule has 78 valence electrons. The van der Waals surface area contributed by atoms with Crippen LogP contribution >= 0.6 is 0 Å². The highest BCUT2D eigenvalue weighted by Crippen LogP contribution is 1.96. The Morgan fingerprint density at radius 3 is 2.27 bits per heavy atom. The van der Waals surface area contributed by atoms with Crippen LogP contribution in [0.25, 0.3) is 0 Å². The third-order valence-corrected chi connectivity index (χ3v) is 1.46. The number of hydrogen-bond acceptors (Lipinski definition) is 4. The molecule has 0 atom stereocenters. The Bertz CT molecular complexity index is 399. The maximum atomic E-state index is 10.2. The standard InChI is InChI=1S/C7H6O2.C2H4N4/c8-7(9)6-4-2-1-3-5-6;3-6-2-1-4-5-6/h1-5H,(H,8,9);1-2H,3H2. The summed E-state index contributed by atoms with van der Waals surface area (Å²) in [7, 11) is 0. The molecule has 0 unspecified atom stereocenters. The topological polar surface area (TPSA) is 94.0 Å². The Morgan fingerprint density at radius 1 is 1.33 bits per heavy atom. The first-order chi connectivity index (χ1) is 7.20. The highest BCUT2D eigenvalue weighted by atomic mass is 16.4. The molecular formula is C9H10N4O2. The van der Waals surface area contributed by atoms with Crippen molar-refractivity contribution in [2.24, 2.45) is 0 Å². The van der Waals surface area contributed by atoms with Crippen molar-refractivity contribution in [3.8, 4) is 0 Å². The highest BCUT2D eigenvalue weighted by Gasteiger charge is 1.96. The van der Waals surface area contributed by atoms with Crippen LogP contribution < -0.4 is 5.84 Å². The van der Waals surface area contributed by atoms with Gasteiger partial charge in [0.2, 0.25) is 0 Å². The van der Waals surface area contributed by atoms with Crippen molar-refractivity contribution in [2.75, 3.05) is 5.84 Å². The summed E-state index contributed by atoms with van der Waals surface area (Å²) >= 11 is 0. The third kappa shape index (κ3) is 3.90. The lowest BCUT2D eigenvalue weighted by atomic mass is 10.2. The first kappa shape index (κ1) is 10.7. The van der Waals surface area contributed by atoms with Gasteiger partial charge in [-0.05, 0) is 17.3 Å². The van der Waals surface area contributed by atoms with Crippen LogP contribution in [0.2, 0.25) is 0 Å². The lowest BCUT2D eigenvalue weighted by molar-refractivity contribution is 0.0697. The summed E-state index contributed by atoms with van der Waals surface area (Å²) in [5, 5.41) is 15.2. The smallest absolute Gasteiger partial charge is 0.335 e. The zero-order valence-electron chi connectivity index (χ0n) is 7.82. The van der Waals surface area contributed by atoms with Crippen LogP contribution in [0.4, 0.5) is 0 Å². The van der Waals surface area contributed by atoms with Gasteiger partial charge in [-0.15, -0.1) is 5.10 Å². The molecule has 0 bridgehead atoms. The van der Waals surface area contributed by atoms with E-state index in [2.05, 4.69) is 10.3 Å². The van der Waals surface area contributed by atoms with E-state index in [1.165, 1.54) is 6.20 Å². The first-order valence-electron chi connectivity index (χ1n) is 4.10. The summed E-state index contributed by atoms with van der Waals surface area (Å²) in [6.45, 7) is 0. The van der Waals surface area contributed by atoms with E-state index in [9.17, 15) is 4.79 Å². The summed E-state index contributed by atoms with van der Waals surface area (Å²) in [6.07, 6.45) is 3.07. The minimum Gasteiger partial charge on any atom is -0.478 e. The number of carboxylic acids is 1. The fraction of sp³-hybridized carbons (Fsp3) is 0. The summed E-state index contributed by atoms with van der Waals surface area (Å²) < 4.78 is 0. The largest absolute Gasteiger partial charge is 0.478 e. The van der Waals surface area contributed by atoms with Crippen LogP contribution in [0.15, 0.2) is 42.7 Å². The number of carboxylic acid groups (broad SMARTS) is 1. The molecule has 0 amide bonds. The average Bonchev–Trinajstić information content (AvgIpc) is 2.71. The number of nitrogens with two attached hydrogens (primary N) is 1. The van der Waals surface area contributed by atoms with Gasteiger partial charge in [-0.3, -0.25) is 0 Å². The summed E-state index contributed by atoms with van der Waals surface area (Å²) in [5.41, 5.74) is 0.331. The van der Waals surface area contributed by atoms with E-state index in [0.29, 0.717) is 5.56 Å². The number of hydrogen-bond donors (Lipinski definition) is 2. The fourth-order valence-corrected chi connectivity index (χ4v) is 0.798. The van der Waals surface area contributed by atoms with Crippen molar-refractivity contribution in [1.82, 2.24) is 15.1 Å². The van der Waals surface area contributed by atoms with Gasteiger partial charge in [0.15, 0.2) is 0 Å². The Hall–Kier alpha value is -2.37. The zero-order chi connectivity index (χ0) is 11.1. The van der Waals surface area contributed by atoms with E-state index in [1.807, 2.05) is 0 Å². The molecule has 1 heterocycles. The molecule has 1 aromatic heterocycles. The Kier molecular flexibility index (Phi) is 3.84. The van der Waals surface area contributed by atoms with Gasteiger partial charge in [0.25, 0.3) is 0 Å². The quantitative estimate of drug-likeness (QED) is 0.657. The first-order valence-corrected chi connectivity index (χ1v) is 4.10. The molecule has 6 heteroatoms. The van der Waals surface area contributed by atoms with Crippen molar-refractivity contribution in [2.45, 2.75) is 0 Å². The lowest BCUT2D eigenvalue weighted by Crippen LogP contribution is -2.07. The van der Waals surface area contributed by atoms with Gasteiger partial charge in [0, 0.05) is 0 Å². The second-order valence-corrected chi connectivity index (χ2v) is 2.55. The van der Waals surface area contributed by atoms with Crippen LogP contribution in [0, 0.1) is 0 Å². The van der Waals surface area contributed by atoms with E-state index in [1.54, 1.807) is 36.5 Å². The van der Waals surface area contributed by atoms with Gasteiger partial charge in [0.1, 0.15) is 0 Å². The number of aromatic nitrogens is 3. The van der Waals surface area contributed by atoms with E-state index >= 15 is 0 Å². The maximum Gasteiger partial charge on any atom is 0.335 e. The fourth-order valence-electron chi connectivity index (χ4n) is 0.798. The van der Waals surface area contributed by atoms with E-state index in [-0.39, 0.29) is 0 Å². The third-order valence-electron chi connectivity index (χ3n) is 1.46. The predicted octanol–water partition coefficient (Wildman–Crippen LogP) is 0.377. The monoisotopic (exact) mass is 206 g/mol. The van der Waals surface area contributed by atoms with Crippen LogP contribution in [0.3, 0.4) is 0 Å². The van der Waals surface area contributed by atoms with Gasteiger partial charge in [-0.1, -0.05) is 18.2 Å². The number of nitrogen functional groups attached to an aromatic ring is 1. The number of nitrogens with zero attached hydrogens (tertiary/aromatic N) is 3. The molecule has 3 N–H and O–H groups in total. The van der Waals surface area contributed by atoms with E-state index < -0.39 is 5.97 Å². The van der Waals surface area contributed by atoms with Gasteiger partial charge < -0.3 is 10.9 Å². The number of aromatic carboxylic acids is 1. The molecule has 6 nitrogen and oxygen atoms in total. The highest BCUT2D eigenvalue weighted by molar-refractivity contribution is 5.87. The molecule has 0 fully saturated rings. The molecule has 2 aromatic rings. The number of benzene rings is 1. The van der Waals surface area contributed by atoms with Crippen LogP contribution in [-0.2, 0) is 0 Å². The normalized spacial score (nSPS) is 8.80. The number of rotatable bonds is 1. The van der Waals surface area contributed by atoms with Crippen molar-refractivity contribution >= 4 is 5.97 Å². The van der Waals surface area contributed by atoms with Crippen LogP contribution in [-0.4, -0.2) is 26.2 Å². The Balaban J connectivity index is 0.000000162. The molecule has 0 aliphatic heterocycles. The molecule has 15 heavy (non-hydrogen) atoms. The van der Waals surface area contributed by atoms with E-state index in [0.717, 1.165) is 4.79 Å². The molecule has 0 radical (unpaired) electrons. The molecule has 0 spiro atoms. The van der Waals surface area contributed by atoms with Crippen molar-refractivity contribution in [3.05, 3.63) is 48.3 Å². The van der Waals surface area contributed by atoms with Crippen molar-refractivity contribution < 1.29 is 9.90 Å². The van der Waals surface area contributed by atoms with Crippen molar-refractivity contribution in [3.63, 3.8) is 0 Å². The Labute approximate surface area is 85.9 Å². The predicted molar refractivity (Wildman–Crippen MR) is 53.6 cm³/mol. The zero-order valence-corrected chi connectivity index (χ0v) is 7.82. The van der Waals surface area contributed by atoms with Gasteiger partial charge in [-0.25, -0.2) is 4.79 Å². The number of carbonyl (C=O) groups is 1. The summed E-state index contributed by atoms with van der Waals surface area (Å²) in [6, 6.07) is 8.30. The molecule has 1 aromatic carbocycles. The van der Waals surface area contributed by atoms with Gasteiger partial charge >= 0.3 is 5.97 Å². The van der Waals surface area contributed by atoms with Crippen LogP contribution in [0.5, 0.6) is 0 Å². The lowest BCUT2D eigenvalue weighted by Gasteiger charge is -1.88. The molecular weight excluding hydrogens is 196 g/mol. The average molecular weight is 206 g/mol. The summed E-state index contributed by atoms with van der Waals surface area (Å²) in [4.78, 5) is 11.3. The minimum atomic E-state index is -0.879. The molecule has 2 rings (SSSR count). The SMILES string of the molecule is Nn1ccnn1.O=C(O)c1ccccc1. The van der Waals surface area contributed by atoms with Gasteiger partial charge in [0.05, 0.1) is 18.0 Å².